The molecule has 1 aliphatic heterocycles. The molecule has 1 aromatic rings. The van der Waals surface area contributed by atoms with Gasteiger partial charge in [0.25, 0.3) is 0 Å². The third-order valence-corrected chi connectivity index (χ3v) is 4.90. The van der Waals surface area contributed by atoms with Crippen molar-refractivity contribution in [1.82, 2.24) is 4.98 Å². The number of esters is 1. The van der Waals surface area contributed by atoms with Crippen LogP contribution in [0.3, 0.4) is 0 Å². The van der Waals surface area contributed by atoms with E-state index in [4.69, 9.17) is 9.47 Å². The number of carbonyl (C=O) groups is 1. The minimum absolute atomic E-state index is 0.0683. The molecular weight excluding hydrogens is 280 g/mol. The van der Waals surface area contributed by atoms with Crippen molar-refractivity contribution in [3.63, 3.8) is 0 Å². The fraction of sp³-hybridized carbons (Fsp3) is 0.647. The van der Waals surface area contributed by atoms with Crippen LogP contribution in [0.15, 0.2) is 18.3 Å². The van der Waals surface area contributed by atoms with E-state index in [2.05, 4.69) is 18.8 Å². The highest BCUT2D eigenvalue weighted by atomic mass is 16.6. The number of aromatic nitrogens is 1. The average Bonchev–Trinajstić information content (AvgIpc) is 2.52. The first-order valence-corrected chi connectivity index (χ1v) is 7.87. The van der Waals surface area contributed by atoms with E-state index in [-0.39, 0.29) is 23.6 Å². The van der Waals surface area contributed by atoms with Gasteiger partial charge in [0.2, 0.25) is 0 Å². The minimum Gasteiger partial charge on any atom is -0.458 e. The number of anilines is 1. The Bertz CT molecular complexity index is 571. The standard InChI is InChI=1S/C17H24N2O3/c1-17(2)14-12(6-5-9-21-14)15(17)22-16(20)11-7-8-18-13(10-11)19(3)4/h7-8,10,12,14-15H,5-6,9H2,1-4H3/t12-,14-,15+/m0/s1. The van der Waals surface area contributed by atoms with Crippen LogP contribution in [0.4, 0.5) is 5.82 Å². The van der Waals surface area contributed by atoms with E-state index in [9.17, 15) is 4.79 Å². The molecule has 0 spiro atoms. The summed E-state index contributed by atoms with van der Waals surface area (Å²) in [6.45, 7) is 5.06. The van der Waals surface area contributed by atoms with Crippen LogP contribution in [0.2, 0.25) is 0 Å². The first kappa shape index (κ1) is 15.3. The lowest BCUT2D eigenvalue weighted by Crippen LogP contribution is -2.65. The van der Waals surface area contributed by atoms with Gasteiger partial charge in [-0.3, -0.25) is 0 Å². The van der Waals surface area contributed by atoms with Gasteiger partial charge in [0.05, 0.1) is 11.7 Å². The summed E-state index contributed by atoms with van der Waals surface area (Å²) in [5.41, 5.74) is 0.438. The first-order valence-electron chi connectivity index (χ1n) is 7.87. The van der Waals surface area contributed by atoms with Crippen LogP contribution in [0.25, 0.3) is 0 Å². The molecule has 0 amide bonds. The van der Waals surface area contributed by atoms with Gasteiger partial charge in [-0.05, 0) is 25.0 Å². The molecule has 2 aliphatic rings. The van der Waals surface area contributed by atoms with Crippen molar-refractivity contribution >= 4 is 11.8 Å². The summed E-state index contributed by atoms with van der Waals surface area (Å²) in [6, 6.07) is 3.47. The molecule has 5 heteroatoms. The van der Waals surface area contributed by atoms with E-state index in [0.29, 0.717) is 11.5 Å². The van der Waals surface area contributed by atoms with Crippen LogP contribution in [-0.4, -0.2) is 43.9 Å². The Kier molecular flexibility index (Phi) is 3.85. The van der Waals surface area contributed by atoms with E-state index < -0.39 is 0 Å². The van der Waals surface area contributed by atoms with Crippen molar-refractivity contribution in [2.24, 2.45) is 11.3 Å². The highest BCUT2D eigenvalue weighted by molar-refractivity contribution is 5.90. The van der Waals surface area contributed by atoms with Gasteiger partial charge >= 0.3 is 5.97 Å². The number of hydrogen-bond acceptors (Lipinski definition) is 5. The molecule has 3 rings (SSSR count). The summed E-state index contributed by atoms with van der Waals surface area (Å²) >= 11 is 0. The van der Waals surface area contributed by atoms with Crippen LogP contribution in [0.5, 0.6) is 0 Å². The number of rotatable bonds is 3. The van der Waals surface area contributed by atoms with Gasteiger partial charge < -0.3 is 14.4 Å². The second kappa shape index (κ2) is 5.54. The molecule has 1 saturated carbocycles. The van der Waals surface area contributed by atoms with Crippen LogP contribution < -0.4 is 4.90 Å². The van der Waals surface area contributed by atoms with Crippen molar-refractivity contribution in [3.05, 3.63) is 23.9 Å². The predicted octanol–water partition coefficient (Wildman–Crippen LogP) is 2.51. The van der Waals surface area contributed by atoms with Gasteiger partial charge in [0.15, 0.2) is 0 Å². The van der Waals surface area contributed by atoms with Crippen LogP contribution >= 0.6 is 0 Å². The summed E-state index contributed by atoms with van der Waals surface area (Å²) in [6.07, 6.45) is 3.91. The summed E-state index contributed by atoms with van der Waals surface area (Å²) < 4.78 is 11.7. The van der Waals surface area contributed by atoms with Crippen molar-refractivity contribution < 1.29 is 14.3 Å². The number of ether oxygens (including phenoxy) is 2. The average molecular weight is 304 g/mol. The lowest BCUT2D eigenvalue weighted by atomic mass is 9.57. The minimum atomic E-state index is -0.271. The van der Waals surface area contributed by atoms with E-state index in [1.54, 1.807) is 18.3 Å². The van der Waals surface area contributed by atoms with Crippen LogP contribution in [-0.2, 0) is 9.47 Å². The van der Waals surface area contributed by atoms with Gasteiger partial charge in [-0.15, -0.1) is 0 Å². The summed E-state index contributed by atoms with van der Waals surface area (Å²) in [5, 5.41) is 0. The Morgan fingerprint density at radius 2 is 2.23 bits per heavy atom. The number of carbonyl (C=O) groups excluding carboxylic acids is 1. The Labute approximate surface area is 131 Å². The third-order valence-electron chi connectivity index (χ3n) is 4.90. The van der Waals surface area contributed by atoms with E-state index >= 15 is 0 Å². The van der Waals surface area contributed by atoms with Crippen molar-refractivity contribution in [1.29, 1.82) is 0 Å². The zero-order chi connectivity index (χ0) is 15.9. The van der Waals surface area contributed by atoms with Gasteiger partial charge in [0.1, 0.15) is 11.9 Å². The summed E-state index contributed by atoms with van der Waals surface area (Å²) in [4.78, 5) is 18.6. The molecular formula is C17H24N2O3. The molecule has 0 radical (unpaired) electrons. The van der Waals surface area contributed by atoms with Crippen molar-refractivity contribution in [3.8, 4) is 0 Å². The molecule has 2 heterocycles. The van der Waals surface area contributed by atoms with Gasteiger partial charge in [-0.2, -0.15) is 0 Å². The van der Waals surface area contributed by atoms with E-state index in [1.165, 1.54) is 0 Å². The second-order valence-corrected chi connectivity index (χ2v) is 7.04. The SMILES string of the molecule is CN(C)c1cc(C(=O)O[C@@H]2[C@H]3CCCO[C@@H]3C2(C)C)ccn1. The molecule has 0 N–H and O–H groups in total. The Morgan fingerprint density at radius 3 is 2.95 bits per heavy atom. The van der Waals surface area contributed by atoms with Gasteiger partial charge in [0, 0.05) is 38.2 Å². The zero-order valence-electron chi connectivity index (χ0n) is 13.7. The quantitative estimate of drug-likeness (QED) is 0.803. The summed E-state index contributed by atoms with van der Waals surface area (Å²) in [7, 11) is 3.80. The van der Waals surface area contributed by atoms with Gasteiger partial charge in [-0.1, -0.05) is 13.8 Å². The molecule has 120 valence electrons. The number of pyridine rings is 1. The lowest BCUT2D eigenvalue weighted by molar-refractivity contribution is -0.243. The number of nitrogens with zero attached hydrogens (tertiary/aromatic N) is 2. The molecule has 22 heavy (non-hydrogen) atoms. The molecule has 0 aromatic carbocycles. The monoisotopic (exact) mass is 304 g/mol. The molecule has 1 aliphatic carbocycles. The van der Waals surface area contributed by atoms with Gasteiger partial charge in [-0.25, -0.2) is 9.78 Å². The molecule has 3 atom stereocenters. The molecule has 1 aromatic heterocycles. The van der Waals surface area contributed by atoms with Crippen LogP contribution in [0, 0.1) is 11.3 Å². The second-order valence-electron chi connectivity index (χ2n) is 7.04. The topological polar surface area (TPSA) is 51.7 Å². The highest BCUT2D eigenvalue weighted by Gasteiger charge is 2.60. The van der Waals surface area contributed by atoms with Crippen molar-refractivity contribution in [2.75, 3.05) is 25.6 Å². The van der Waals surface area contributed by atoms with E-state index in [0.717, 1.165) is 25.3 Å². The van der Waals surface area contributed by atoms with Crippen molar-refractivity contribution in [2.45, 2.75) is 38.9 Å². The van der Waals surface area contributed by atoms with E-state index in [1.807, 2.05) is 19.0 Å². The lowest BCUT2D eigenvalue weighted by Gasteiger charge is -2.58. The molecule has 2 fully saturated rings. The predicted molar refractivity (Wildman–Crippen MR) is 84.0 cm³/mol. The third kappa shape index (κ3) is 2.47. The first-order chi connectivity index (χ1) is 10.4. The molecule has 0 unspecified atom stereocenters. The largest absolute Gasteiger partial charge is 0.458 e. The number of hydrogen-bond donors (Lipinski definition) is 0. The molecule has 5 nitrogen and oxygen atoms in total. The zero-order valence-corrected chi connectivity index (χ0v) is 13.7. The normalized spacial score (nSPS) is 29.2. The van der Waals surface area contributed by atoms with Crippen LogP contribution in [0.1, 0.15) is 37.0 Å². The Hall–Kier alpha value is -1.62. The highest BCUT2D eigenvalue weighted by Crippen LogP contribution is 2.53. The fourth-order valence-corrected chi connectivity index (χ4v) is 3.69. The maximum Gasteiger partial charge on any atom is 0.338 e. The fourth-order valence-electron chi connectivity index (χ4n) is 3.69. The maximum atomic E-state index is 12.5. The Morgan fingerprint density at radius 1 is 1.45 bits per heavy atom. The number of fused-ring (bicyclic) bond motifs is 1. The molecule has 1 saturated heterocycles. The Balaban J connectivity index is 1.73. The maximum absolute atomic E-state index is 12.5. The molecule has 0 bridgehead atoms. The smallest absolute Gasteiger partial charge is 0.338 e. The summed E-state index contributed by atoms with van der Waals surface area (Å²) in [5.74, 6) is 0.816.